The van der Waals surface area contributed by atoms with E-state index in [0.29, 0.717) is 11.1 Å². The maximum absolute atomic E-state index is 6.17. The molecule has 2 aliphatic rings. The van der Waals surface area contributed by atoms with Gasteiger partial charge in [0.15, 0.2) is 0 Å². The number of aromatic nitrogens is 2. The summed E-state index contributed by atoms with van der Waals surface area (Å²) in [7, 11) is 0. The highest BCUT2D eigenvalue weighted by Crippen LogP contribution is 2.25. The number of fused-ring (bicyclic) bond motifs is 1. The van der Waals surface area contributed by atoms with Crippen molar-refractivity contribution in [1.29, 1.82) is 0 Å². The second kappa shape index (κ2) is 5.41. The van der Waals surface area contributed by atoms with Crippen LogP contribution in [0.15, 0.2) is 0 Å². The standard InChI is InChI=1S/C13H19ClN4/c14-12-10-7-15-8-11(10)17-13(18-12)16-6-9-4-2-1-3-5-9/h9,15H,1-8H2,(H,16,17,18). The number of rotatable bonds is 3. The maximum atomic E-state index is 6.17. The van der Waals surface area contributed by atoms with Gasteiger partial charge in [-0.05, 0) is 18.8 Å². The molecule has 5 heteroatoms. The van der Waals surface area contributed by atoms with Crippen LogP contribution in [0.4, 0.5) is 5.95 Å². The lowest BCUT2D eigenvalue weighted by Crippen LogP contribution is -2.18. The zero-order chi connectivity index (χ0) is 12.4. The fraction of sp³-hybridized carbons (Fsp3) is 0.692. The fourth-order valence-corrected chi connectivity index (χ4v) is 3.09. The Morgan fingerprint density at radius 2 is 2.00 bits per heavy atom. The zero-order valence-corrected chi connectivity index (χ0v) is 11.3. The van der Waals surface area contributed by atoms with E-state index in [1.807, 2.05) is 0 Å². The van der Waals surface area contributed by atoms with Gasteiger partial charge < -0.3 is 10.6 Å². The van der Waals surface area contributed by atoms with Crippen molar-refractivity contribution in [2.45, 2.75) is 45.2 Å². The molecule has 1 saturated carbocycles. The lowest BCUT2D eigenvalue weighted by molar-refractivity contribution is 0.373. The molecule has 0 unspecified atom stereocenters. The molecule has 1 aromatic rings. The van der Waals surface area contributed by atoms with Crippen molar-refractivity contribution >= 4 is 17.5 Å². The summed E-state index contributed by atoms with van der Waals surface area (Å²) in [5.41, 5.74) is 2.10. The fourth-order valence-electron chi connectivity index (χ4n) is 2.83. The molecule has 18 heavy (non-hydrogen) atoms. The molecule has 4 nitrogen and oxygen atoms in total. The van der Waals surface area contributed by atoms with Crippen molar-refractivity contribution in [1.82, 2.24) is 15.3 Å². The Labute approximate surface area is 113 Å². The molecule has 2 heterocycles. The van der Waals surface area contributed by atoms with E-state index in [1.165, 1.54) is 32.1 Å². The molecule has 3 rings (SSSR count). The SMILES string of the molecule is Clc1nc(NCC2CCCCC2)nc2c1CNC2. The summed E-state index contributed by atoms with van der Waals surface area (Å²) in [4.78, 5) is 8.86. The van der Waals surface area contributed by atoms with E-state index in [4.69, 9.17) is 11.6 Å². The largest absolute Gasteiger partial charge is 0.354 e. The summed E-state index contributed by atoms with van der Waals surface area (Å²) < 4.78 is 0. The van der Waals surface area contributed by atoms with Gasteiger partial charge in [0.05, 0.1) is 5.69 Å². The molecule has 1 aliphatic heterocycles. The molecule has 1 fully saturated rings. The molecule has 0 atom stereocenters. The Bertz CT molecular complexity index is 429. The van der Waals surface area contributed by atoms with Crippen molar-refractivity contribution in [3.63, 3.8) is 0 Å². The Kier molecular flexibility index (Phi) is 3.66. The first-order chi connectivity index (χ1) is 8.83. The molecule has 1 aromatic heterocycles. The Morgan fingerprint density at radius 1 is 1.17 bits per heavy atom. The summed E-state index contributed by atoms with van der Waals surface area (Å²) in [5, 5.41) is 7.19. The van der Waals surface area contributed by atoms with Crippen LogP contribution in [-0.4, -0.2) is 16.5 Å². The van der Waals surface area contributed by atoms with Crippen molar-refractivity contribution in [3.05, 3.63) is 16.4 Å². The predicted molar refractivity (Wildman–Crippen MR) is 72.7 cm³/mol. The molecule has 2 N–H and O–H groups in total. The average molecular weight is 267 g/mol. The van der Waals surface area contributed by atoms with Gasteiger partial charge in [-0.2, -0.15) is 0 Å². The van der Waals surface area contributed by atoms with Crippen LogP contribution in [0.25, 0.3) is 0 Å². The minimum absolute atomic E-state index is 0.594. The predicted octanol–water partition coefficient (Wildman–Crippen LogP) is 2.73. The maximum Gasteiger partial charge on any atom is 0.224 e. The summed E-state index contributed by atoms with van der Waals surface area (Å²) >= 11 is 6.17. The van der Waals surface area contributed by atoms with Crippen LogP contribution in [0.1, 0.15) is 43.4 Å². The molecule has 0 bridgehead atoms. The Balaban J connectivity index is 1.64. The van der Waals surface area contributed by atoms with Crippen LogP contribution < -0.4 is 10.6 Å². The third-order valence-electron chi connectivity index (χ3n) is 3.91. The molecule has 0 spiro atoms. The second-order valence-electron chi connectivity index (χ2n) is 5.25. The van der Waals surface area contributed by atoms with Crippen LogP contribution in [0.2, 0.25) is 5.15 Å². The van der Waals surface area contributed by atoms with Crippen molar-refractivity contribution in [2.24, 2.45) is 5.92 Å². The molecule has 1 aliphatic carbocycles. The van der Waals surface area contributed by atoms with E-state index in [0.717, 1.165) is 36.8 Å². The van der Waals surface area contributed by atoms with Crippen LogP contribution in [0.3, 0.4) is 0 Å². The molecular weight excluding hydrogens is 248 g/mol. The number of nitrogens with one attached hydrogen (secondary N) is 2. The normalized spacial score (nSPS) is 19.8. The molecule has 0 amide bonds. The Morgan fingerprint density at radius 3 is 2.83 bits per heavy atom. The van der Waals surface area contributed by atoms with E-state index in [9.17, 15) is 0 Å². The van der Waals surface area contributed by atoms with E-state index in [1.54, 1.807) is 0 Å². The number of nitrogens with zero attached hydrogens (tertiary/aromatic N) is 2. The lowest BCUT2D eigenvalue weighted by atomic mass is 9.89. The van der Waals surface area contributed by atoms with Gasteiger partial charge in [0.1, 0.15) is 5.15 Å². The third kappa shape index (κ3) is 2.59. The zero-order valence-electron chi connectivity index (χ0n) is 10.5. The van der Waals surface area contributed by atoms with E-state index >= 15 is 0 Å². The number of halogens is 1. The van der Waals surface area contributed by atoms with Crippen molar-refractivity contribution in [3.8, 4) is 0 Å². The van der Waals surface area contributed by atoms with Crippen LogP contribution >= 0.6 is 11.6 Å². The first-order valence-electron chi connectivity index (χ1n) is 6.83. The number of anilines is 1. The summed E-state index contributed by atoms with van der Waals surface area (Å²) in [6.45, 7) is 2.56. The van der Waals surface area contributed by atoms with Crippen molar-refractivity contribution < 1.29 is 0 Å². The van der Waals surface area contributed by atoms with Gasteiger partial charge in [-0.15, -0.1) is 0 Å². The van der Waals surface area contributed by atoms with Crippen LogP contribution in [0.5, 0.6) is 0 Å². The van der Waals surface area contributed by atoms with Gasteiger partial charge in [-0.1, -0.05) is 30.9 Å². The molecule has 0 radical (unpaired) electrons. The van der Waals surface area contributed by atoms with E-state index < -0.39 is 0 Å². The Hall–Kier alpha value is -0.870. The highest BCUT2D eigenvalue weighted by molar-refractivity contribution is 6.30. The van der Waals surface area contributed by atoms with E-state index in [-0.39, 0.29) is 0 Å². The second-order valence-corrected chi connectivity index (χ2v) is 5.61. The van der Waals surface area contributed by atoms with E-state index in [2.05, 4.69) is 20.6 Å². The quantitative estimate of drug-likeness (QED) is 0.826. The highest BCUT2D eigenvalue weighted by atomic mass is 35.5. The molecule has 98 valence electrons. The number of hydrogen-bond acceptors (Lipinski definition) is 4. The summed E-state index contributed by atoms with van der Waals surface area (Å²) in [5.74, 6) is 1.46. The van der Waals surface area contributed by atoms with Crippen molar-refractivity contribution in [2.75, 3.05) is 11.9 Å². The molecular formula is C13H19ClN4. The smallest absolute Gasteiger partial charge is 0.224 e. The minimum atomic E-state index is 0.594. The van der Waals surface area contributed by atoms with Gasteiger partial charge in [0.2, 0.25) is 5.95 Å². The average Bonchev–Trinajstić information content (AvgIpc) is 2.86. The van der Waals surface area contributed by atoms with Crippen LogP contribution in [-0.2, 0) is 13.1 Å². The number of hydrogen-bond donors (Lipinski definition) is 2. The summed E-state index contributed by atoms with van der Waals surface area (Å²) in [6.07, 6.45) is 6.77. The monoisotopic (exact) mass is 266 g/mol. The lowest BCUT2D eigenvalue weighted by Gasteiger charge is -2.21. The van der Waals surface area contributed by atoms with Crippen LogP contribution in [0, 0.1) is 5.92 Å². The summed E-state index contributed by atoms with van der Waals surface area (Å²) in [6, 6.07) is 0. The van der Waals surface area contributed by atoms with Gasteiger partial charge >= 0.3 is 0 Å². The molecule has 0 saturated heterocycles. The first kappa shape index (κ1) is 12.2. The minimum Gasteiger partial charge on any atom is -0.354 e. The third-order valence-corrected chi connectivity index (χ3v) is 4.22. The molecule has 0 aromatic carbocycles. The highest BCUT2D eigenvalue weighted by Gasteiger charge is 2.18. The van der Waals surface area contributed by atoms with Gasteiger partial charge in [-0.25, -0.2) is 9.97 Å². The van der Waals surface area contributed by atoms with Gasteiger partial charge in [-0.3, -0.25) is 0 Å². The van der Waals surface area contributed by atoms with Gasteiger partial charge in [0, 0.05) is 25.2 Å². The van der Waals surface area contributed by atoms with Gasteiger partial charge in [0.25, 0.3) is 0 Å². The topological polar surface area (TPSA) is 49.8 Å². The first-order valence-corrected chi connectivity index (χ1v) is 7.20.